The van der Waals surface area contributed by atoms with Gasteiger partial charge in [0.05, 0.1) is 0 Å². The van der Waals surface area contributed by atoms with Crippen LogP contribution in [0.4, 0.5) is 0 Å². The van der Waals surface area contributed by atoms with Crippen molar-refractivity contribution in [2.75, 3.05) is 0 Å². The van der Waals surface area contributed by atoms with Crippen molar-refractivity contribution < 1.29 is 13.0 Å². The number of hydrogen-bond acceptors (Lipinski definition) is 2. The van der Waals surface area contributed by atoms with Gasteiger partial charge in [0, 0.05) is 5.56 Å². The Labute approximate surface area is 70.8 Å². The summed E-state index contributed by atoms with van der Waals surface area (Å²) >= 11 is 0. The summed E-state index contributed by atoms with van der Waals surface area (Å²) in [5.41, 5.74) is 0.167. The van der Waals surface area contributed by atoms with Gasteiger partial charge in [-0.05, 0) is 12.1 Å². The predicted molar refractivity (Wildman–Crippen MR) is 44.2 cm³/mol. The van der Waals surface area contributed by atoms with E-state index in [-0.39, 0.29) is 10.5 Å². The number of benzene rings is 1. The molecule has 0 aromatic heterocycles. The van der Waals surface area contributed by atoms with Crippen molar-refractivity contribution in [1.29, 1.82) is 0 Å². The van der Waals surface area contributed by atoms with E-state index >= 15 is 0 Å². The van der Waals surface area contributed by atoms with Gasteiger partial charge >= 0.3 is 0 Å². The lowest BCUT2D eigenvalue weighted by Gasteiger charge is -1.98. The molecule has 3 nitrogen and oxygen atoms in total. The Morgan fingerprint density at radius 3 is 2.33 bits per heavy atom. The van der Waals surface area contributed by atoms with Crippen LogP contribution in [0.1, 0.15) is 5.56 Å². The Kier molecular flexibility index (Phi) is 2.18. The molecule has 0 saturated heterocycles. The Hall–Kier alpha value is -1.31. The summed E-state index contributed by atoms with van der Waals surface area (Å²) in [7, 11) is -4.19. The fraction of sp³-hybridized carbons (Fsp3) is 0. The second-order valence-electron chi connectivity index (χ2n) is 2.12. The van der Waals surface area contributed by atoms with Gasteiger partial charge in [0.15, 0.2) is 0 Å². The van der Waals surface area contributed by atoms with Crippen LogP contribution in [0.25, 0.3) is 0 Å². The largest absolute Gasteiger partial charge is 0.295 e. The summed E-state index contributed by atoms with van der Waals surface area (Å²) < 4.78 is 30.0. The van der Waals surface area contributed by atoms with Crippen molar-refractivity contribution in [2.45, 2.75) is 4.90 Å². The SMILES string of the molecule is C#Cc1ccccc1S(=O)(=O)O. The second kappa shape index (κ2) is 2.97. The van der Waals surface area contributed by atoms with E-state index in [1.165, 1.54) is 18.2 Å². The summed E-state index contributed by atoms with van der Waals surface area (Å²) in [6, 6.07) is 5.79. The van der Waals surface area contributed by atoms with E-state index in [9.17, 15) is 8.42 Å². The Morgan fingerprint density at radius 1 is 1.33 bits per heavy atom. The maximum Gasteiger partial charge on any atom is 0.295 e. The average molecular weight is 182 g/mol. The molecule has 0 bridgehead atoms. The molecule has 0 spiro atoms. The van der Waals surface area contributed by atoms with Gasteiger partial charge in [-0.3, -0.25) is 4.55 Å². The van der Waals surface area contributed by atoms with E-state index in [0.717, 1.165) is 0 Å². The van der Waals surface area contributed by atoms with Crippen LogP contribution in [-0.4, -0.2) is 13.0 Å². The minimum atomic E-state index is -4.19. The normalized spacial score (nSPS) is 10.7. The van der Waals surface area contributed by atoms with Crippen molar-refractivity contribution in [2.24, 2.45) is 0 Å². The summed E-state index contributed by atoms with van der Waals surface area (Å²) in [6.45, 7) is 0. The van der Waals surface area contributed by atoms with E-state index in [2.05, 4.69) is 5.92 Å². The Bertz CT molecular complexity index is 426. The van der Waals surface area contributed by atoms with Gasteiger partial charge < -0.3 is 0 Å². The van der Waals surface area contributed by atoms with Crippen LogP contribution >= 0.6 is 0 Å². The first-order valence-electron chi connectivity index (χ1n) is 3.09. The van der Waals surface area contributed by atoms with Crippen molar-refractivity contribution in [1.82, 2.24) is 0 Å². The number of terminal acetylenes is 1. The van der Waals surface area contributed by atoms with Crippen LogP contribution < -0.4 is 0 Å². The summed E-state index contributed by atoms with van der Waals surface area (Å²) in [4.78, 5) is -0.229. The summed E-state index contributed by atoms with van der Waals surface area (Å²) in [5, 5.41) is 0. The third-order valence-corrected chi connectivity index (χ3v) is 2.23. The maximum atomic E-state index is 10.7. The smallest absolute Gasteiger partial charge is 0.282 e. The first-order chi connectivity index (χ1) is 5.55. The number of rotatable bonds is 1. The van der Waals surface area contributed by atoms with Crippen LogP contribution in [0, 0.1) is 12.3 Å². The molecule has 0 amide bonds. The van der Waals surface area contributed by atoms with Crippen molar-refractivity contribution in [3.63, 3.8) is 0 Å². The van der Waals surface area contributed by atoms with E-state index in [1.807, 2.05) is 0 Å². The lowest BCUT2D eigenvalue weighted by Crippen LogP contribution is -2.00. The van der Waals surface area contributed by atoms with E-state index in [0.29, 0.717) is 0 Å². The topological polar surface area (TPSA) is 54.4 Å². The fourth-order valence-electron chi connectivity index (χ4n) is 0.811. The molecule has 12 heavy (non-hydrogen) atoms. The van der Waals surface area contributed by atoms with Crippen LogP contribution in [0.15, 0.2) is 29.2 Å². The highest BCUT2D eigenvalue weighted by Gasteiger charge is 2.12. The molecule has 1 aromatic rings. The number of hydrogen-bond donors (Lipinski definition) is 1. The van der Waals surface area contributed by atoms with Crippen LogP contribution in [-0.2, 0) is 10.1 Å². The van der Waals surface area contributed by atoms with E-state index in [4.69, 9.17) is 11.0 Å². The molecule has 0 heterocycles. The summed E-state index contributed by atoms with van der Waals surface area (Å²) in [6.07, 6.45) is 5.02. The molecule has 1 rings (SSSR count). The van der Waals surface area contributed by atoms with Gasteiger partial charge in [0.2, 0.25) is 0 Å². The zero-order valence-corrected chi connectivity index (χ0v) is 6.88. The lowest BCUT2D eigenvalue weighted by molar-refractivity contribution is 0.483. The molecule has 0 aliphatic rings. The minimum absolute atomic E-state index is 0.167. The molecule has 4 heteroatoms. The standard InChI is InChI=1S/C8H6O3S/c1-2-7-5-3-4-6-8(7)12(9,10)11/h1,3-6H,(H,9,10,11). The van der Waals surface area contributed by atoms with Gasteiger partial charge in [0.25, 0.3) is 10.1 Å². The van der Waals surface area contributed by atoms with Crippen molar-refractivity contribution in [3.8, 4) is 12.3 Å². The van der Waals surface area contributed by atoms with Crippen LogP contribution in [0.3, 0.4) is 0 Å². The van der Waals surface area contributed by atoms with Crippen LogP contribution in [0.2, 0.25) is 0 Å². The molecule has 1 N–H and O–H groups in total. The fourth-order valence-corrected chi connectivity index (χ4v) is 1.47. The highest BCUT2D eigenvalue weighted by molar-refractivity contribution is 7.85. The molecular weight excluding hydrogens is 176 g/mol. The van der Waals surface area contributed by atoms with Crippen molar-refractivity contribution in [3.05, 3.63) is 29.8 Å². The maximum absolute atomic E-state index is 10.7. The molecule has 0 unspecified atom stereocenters. The Balaban J connectivity index is 3.47. The molecule has 0 radical (unpaired) electrons. The van der Waals surface area contributed by atoms with Crippen LogP contribution in [0.5, 0.6) is 0 Å². The molecular formula is C8H6O3S. The van der Waals surface area contributed by atoms with E-state index < -0.39 is 10.1 Å². The highest BCUT2D eigenvalue weighted by Crippen LogP contribution is 2.12. The quantitative estimate of drug-likeness (QED) is 0.519. The lowest BCUT2D eigenvalue weighted by atomic mass is 10.2. The van der Waals surface area contributed by atoms with Crippen molar-refractivity contribution >= 4 is 10.1 Å². The first-order valence-corrected chi connectivity index (χ1v) is 4.53. The summed E-state index contributed by atoms with van der Waals surface area (Å²) in [5.74, 6) is 2.16. The second-order valence-corrected chi connectivity index (χ2v) is 3.51. The molecule has 0 fully saturated rings. The average Bonchev–Trinajstić information content (AvgIpc) is 2.03. The predicted octanol–water partition coefficient (Wildman–Crippen LogP) is 0.915. The van der Waals surface area contributed by atoms with Gasteiger partial charge in [-0.25, -0.2) is 0 Å². The minimum Gasteiger partial charge on any atom is -0.282 e. The third-order valence-electron chi connectivity index (χ3n) is 1.32. The van der Waals surface area contributed by atoms with Gasteiger partial charge in [-0.1, -0.05) is 18.1 Å². The van der Waals surface area contributed by atoms with Gasteiger partial charge in [-0.2, -0.15) is 8.42 Å². The molecule has 0 saturated carbocycles. The van der Waals surface area contributed by atoms with Gasteiger partial charge in [0.1, 0.15) is 4.90 Å². The van der Waals surface area contributed by atoms with E-state index in [1.54, 1.807) is 6.07 Å². The zero-order valence-electron chi connectivity index (χ0n) is 6.06. The van der Waals surface area contributed by atoms with Gasteiger partial charge in [-0.15, -0.1) is 6.42 Å². The molecule has 1 aromatic carbocycles. The molecule has 0 aliphatic carbocycles. The zero-order chi connectivity index (χ0) is 9.19. The Morgan fingerprint density at radius 2 is 1.92 bits per heavy atom. The molecule has 62 valence electrons. The third kappa shape index (κ3) is 1.64. The molecule has 0 aliphatic heterocycles. The monoisotopic (exact) mass is 182 g/mol. The molecule has 0 atom stereocenters. The first kappa shape index (κ1) is 8.78. The highest BCUT2D eigenvalue weighted by atomic mass is 32.2.